The van der Waals surface area contributed by atoms with E-state index in [2.05, 4.69) is 27.2 Å². The van der Waals surface area contributed by atoms with E-state index in [1.165, 1.54) is 44.2 Å². The van der Waals surface area contributed by atoms with Crippen LogP contribution in [0.4, 0.5) is 5.69 Å². The van der Waals surface area contributed by atoms with E-state index in [9.17, 15) is 4.79 Å². The average Bonchev–Trinajstić information content (AvgIpc) is 2.73. The molecule has 0 radical (unpaired) electrons. The Morgan fingerprint density at radius 3 is 2.30 bits per heavy atom. The smallest absolute Gasteiger partial charge is 0.220 e. The van der Waals surface area contributed by atoms with Crippen molar-refractivity contribution in [2.75, 3.05) is 51.3 Å². The zero-order valence-corrected chi connectivity index (χ0v) is 18.4. The molecule has 4 saturated carbocycles. The Morgan fingerprint density at radius 2 is 1.67 bits per heavy atom. The molecule has 1 aromatic rings. The maximum absolute atomic E-state index is 12.7. The third-order valence-corrected chi connectivity index (χ3v) is 8.25. The summed E-state index contributed by atoms with van der Waals surface area (Å²) < 4.78 is 5.51. The molecule has 1 aliphatic heterocycles. The number of piperazine rings is 1. The quantitative estimate of drug-likeness (QED) is 0.745. The number of nitrogens with zero attached hydrogens (tertiary/aromatic N) is 2. The Hall–Kier alpha value is -1.75. The minimum Gasteiger partial charge on any atom is -0.495 e. The largest absolute Gasteiger partial charge is 0.495 e. The fourth-order valence-electron chi connectivity index (χ4n) is 7.37. The van der Waals surface area contributed by atoms with Crippen LogP contribution in [0.2, 0.25) is 0 Å². The summed E-state index contributed by atoms with van der Waals surface area (Å²) in [6, 6.07) is 8.26. The van der Waals surface area contributed by atoms with Crippen molar-refractivity contribution >= 4 is 11.6 Å². The summed E-state index contributed by atoms with van der Waals surface area (Å²) >= 11 is 0. The Kier molecular flexibility index (Phi) is 5.65. The first-order valence-corrected chi connectivity index (χ1v) is 12.0. The summed E-state index contributed by atoms with van der Waals surface area (Å²) in [5, 5.41) is 3.25. The van der Waals surface area contributed by atoms with E-state index in [1.807, 2.05) is 12.1 Å². The number of nitrogens with one attached hydrogen (secondary N) is 1. The Morgan fingerprint density at radius 1 is 1.03 bits per heavy atom. The zero-order chi connectivity index (χ0) is 20.6. The number of para-hydroxylation sites is 2. The van der Waals surface area contributed by atoms with Crippen LogP contribution in [0.5, 0.6) is 5.75 Å². The Balaban J connectivity index is 1.05. The van der Waals surface area contributed by atoms with Gasteiger partial charge in [-0.3, -0.25) is 9.69 Å². The van der Waals surface area contributed by atoms with Gasteiger partial charge in [-0.05, 0) is 73.8 Å². The van der Waals surface area contributed by atoms with Gasteiger partial charge in [0.2, 0.25) is 5.91 Å². The van der Waals surface area contributed by atoms with Crippen LogP contribution >= 0.6 is 0 Å². The van der Waals surface area contributed by atoms with Crippen molar-refractivity contribution in [3.05, 3.63) is 24.3 Å². The van der Waals surface area contributed by atoms with Gasteiger partial charge in [0.25, 0.3) is 0 Å². The van der Waals surface area contributed by atoms with Crippen LogP contribution < -0.4 is 15.0 Å². The number of hydrogen-bond donors (Lipinski definition) is 1. The topological polar surface area (TPSA) is 44.8 Å². The standard InChI is InChI=1S/C25H37N3O2/c1-30-23-5-3-2-4-22(23)28-10-8-27(9-11-28)7-6-26-24(29)18-25-15-19-12-20(16-25)14-21(13-19)17-25/h2-5,19-21H,6-18H2,1H3,(H,26,29). The second kappa shape index (κ2) is 8.41. The molecule has 6 rings (SSSR count). The van der Waals surface area contributed by atoms with Crippen LogP contribution in [-0.2, 0) is 4.79 Å². The molecule has 0 atom stereocenters. The maximum atomic E-state index is 12.7. The van der Waals surface area contributed by atoms with Crippen molar-refractivity contribution in [1.29, 1.82) is 0 Å². The lowest BCUT2D eigenvalue weighted by atomic mass is 9.49. The molecule has 1 saturated heterocycles. The lowest BCUT2D eigenvalue weighted by Gasteiger charge is -2.56. The number of ether oxygens (including phenoxy) is 1. The summed E-state index contributed by atoms with van der Waals surface area (Å²) in [6.45, 7) is 5.79. The van der Waals surface area contributed by atoms with Gasteiger partial charge in [0.05, 0.1) is 12.8 Å². The number of methoxy groups -OCH3 is 1. The lowest BCUT2D eigenvalue weighted by Crippen LogP contribution is -2.50. The van der Waals surface area contributed by atoms with Crippen molar-refractivity contribution in [3.63, 3.8) is 0 Å². The fraction of sp³-hybridized carbons (Fsp3) is 0.720. The minimum atomic E-state index is 0.296. The fourth-order valence-corrected chi connectivity index (χ4v) is 7.37. The molecule has 5 fully saturated rings. The monoisotopic (exact) mass is 411 g/mol. The van der Waals surface area contributed by atoms with E-state index < -0.39 is 0 Å². The third kappa shape index (κ3) is 4.18. The van der Waals surface area contributed by atoms with Crippen molar-refractivity contribution in [1.82, 2.24) is 10.2 Å². The van der Waals surface area contributed by atoms with Gasteiger partial charge in [0.1, 0.15) is 5.75 Å². The molecule has 5 aliphatic rings. The molecule has 1 aromatic carbocycles. The number of hydrogen-bond acceptors (Lipinski definition) is 4. The Labute approximate surface area is 181 Å². The van der Waals surface area contributed by atoms with Gasteiger partial charge in [-0.25, -0.2) is 0 Å². The average molecular weight is 412 g/mol. The lowest BCUT2D eigenvalue weighted by molar-refractivity contribution is -0.129. The summed E-state index contributed by atoms with van der Waals surface area (Å²) in [4.78, 5) is 17.6. The van der Waals surface area contributed by atoms with Gasteiger partial charge in [0, 0.05) is 45.7 Å². The van der Waals surface area contributed by atoms with Crippen LogP contribution in [-0.4, -0.2) is 57.2 Å². The summed E-state index contributed by atoms with van der Waals surface area (Å²) in [5.41, 5.74) is 1.53. The van der Waals surface area contributed by atoms with Crippen molar-refractivity contribution in [2.24, 2.45) is 23.2 Å². The number of rotatable bonds is 7. The van der Waals surface area contributed by atoms with E-state index in [0.717, 1.165) is 69.2 Å². The summed E-state index contributed by atoms with van der Waals surface area (Å²) in [6.07, 6.45) is 9.06. The molecule has 164 valence electrons. The predicted molar refractivity (Wildman–Crippen MR) is 120 cm³/mol. The van der Waals surface area contributed by atoms with Crippen LogP contribution in [0, 0.1) is 23.2 Å². The second-order valence-electron chi connectivity index (χ2n) is 10.4. The minimum absolute atomic E-state index is 0.296. The number of benzene rings is 1. The third-order valence-electron chi connectivity index (χ3n) is 8.25. The molecule has 4 aliphatic carbocycles. The van der Waals surface area contributed by atoms with E-state index in [0.29, 0.717) is 11.3 Å². The van der Waals surface area contributed by atoms with Crippen molar-refractivity contribution in [2.45, 2.75) is 44.9 Å². The highest BCUT2D eigenvalue weighted by molar-refractivity contribution is 5.76. The number of carbonyl (C=O) groups is 1. The number of amides is 1. The number of carbonyl (C=O) groups excluding carboxylic acids is 1. The molecule has 5 heteroatoms. The van der Waals surface area contributed by atoms with Crippen LogP contribution in [0.25, 0.3) is 0 Å². The normalized spacial score (nSPS) is 33.0. The van der Waals surface area contributed by atoms with E-state index >= 15 is 0 Å². The zero-order valence-electron chi connectivity index (χ0n) is 18.4. The van der Waals surface area contributed by atoms with Crippen LogP contribution in [0.1, 0.15) is 44.9 Å². The molecule has 1 heterocycles. The first-order chi connectivity index (χ1) is 14.6. The van der Waals surface area contributed by atoms with Crippen LogP contribution in [0.15, 0.2) is 24.3 Å². The highest BCUT2D eigenvalue weighted by Gasteiger charge is 2.51. The molecule has 1 N–H and O–H groups in total. The first-order valence-electron chi connectivity index (χ1n) is 12.0. The molecule has 30 heavy (non-hydrogen) atoms. The molecule has 0 unspecified atom stereocenters. The second-order valence-corrected chi connectivity index (χ2v) is 10.4. The van der Waals surface area contributed by atoms with Crippen molar-refractivity contribution in [3.8, 4) is 5.75 Å². The van der Waals surface area contributed by atoms with Crippen LogP contribution in [0.3, 0.4) is 0 Å². The molecular weight excluding hydrogens is 374 g/mol. The van der Waals surface area contributed by atoms with Gasteiger partial charge < -0.3 is 15.0 Å². The van der Waals surface area contributed by atoms with Gasteiger partial charge in [-0.2, -0.15) is 0 Å². The van der Waals surface area contributed by atoms with E-state index in [4.69, 9.17) is 4.74 Å². The molecule has 5 nitrogen and oxygen atoms in total. The first kappa shape index (κ1) is 20.2. The predicted octanol–water partition coefficient (Wildman–Crippen LogP) is 3.54. The van der Waals surface area contributed by atoms with Gasteiger partial charge in [0.15, 0.2) is 0 Å². The molecule has 0 spiro atoms. The highest BCUT2D eigenvalue weighted by atomic mass is 16.5. The SMILES string of the molecule is COc1ccccc1N1CCN(CCNC(=O)CC23CC4CC(CC(C4)C2)C3)CC1. The van der Waals surface area contributed by atoms with Crippen molar-refractivity contribution < 1.29 is 9.53 Å². The highest BCUT2D eigenvalue weighted by Crippen LogP contribution is 2.61. The summed E-state index contributed by atoms with van der Waals surface area (Å²) in [5.74, 6) is 4.00. The number of anilines is 1. The van der Waals surface area contributed by atoms with Gasteiger partial charge in [-0.15, -0.1) is 0 Å². The molecule has 4 bridgehead atoms. The summed E-state index contributed by atoms with van der Waals surface area (Å²) in [7, 11) is 1.74. The van der Waals surface area contributed by atoms with E-state index in [-0.39, 0.29) is 0 Å². The molecule has 1 amide bonds. The maximum Gasteiger partial charge on any atom is 0.220 e. The Bertz CT molecular complexity index is 721. The molecule has 0 aromatic heterocycles. The van der Waals surface area contributed by atoms with E-state index in [1.54, 1.807) is 7.11 Å². The van der Waals surface area contributed by atoms with Gasteiger partial charge in [-0.1, -0.05) is 12.1 Å². The van der Waals surface area contributed by atoms with Gasteiger partial charge >= 0.3 is 0 Å². The molecular formula is C25H37N3O2.